The van der Waals surface area contributed by atoms with Gasteiger partial charge in [-0.25, -0.2) is 0 Å². The SMILES string of the molecule is CC(C)NCc1cccc(-c2ccc(O)c3c2CC2CC4C(C(=O)C2=C3O)C(O)(O)C(C(N)=O)=C(O)[C@H]4N(C)C)c1. The van der Waals surface area contributed by atoms with Crippen molar-refractivity contribution in [2.75, 3.05) is 14.1 Å². The molecule has 41 heavy (non-hydrogen) atoms. The number of rotatable bonds is 6. The third-order valence-electron chi connectivity index (χ3n) is 8.67. The number of likely N-dealkylation sites (N-methyl/N-ethyl adjacent to an activating group) is 1. The fourth-order valence-electron chi connectivity index (χ4n) is 7.00. The summed E-state index contributed by atoms with van der Waals surface area (Å²) in [6.07, 6.45) is 0.490. The number of aliphatic hydroxyl groups excluding tert-OH is 2. The standard InChI is InChI=1S/C31H37N3O7/c1-14(2)33-13-15-6-5-7-16(10-15)18-8-9-21(35)23-19(18)11-17-12-20-24(28(37)22(17)27(23)36)31(40,41)25(30(32)39)29(38)26(20)34(3)4/h5-10,14,17,20,24,26,33,35-36,38,40-41H,11-13H2,1-4H3,(H2,32,39)/t17?,20?,24?,26-/m0/s1. The van der Waals surface area contributed by atoms with Gasteiger partial charge in [0, 0.05) is 18.2 Å². The number of hydrogen-bond acceptors (Lipinski definition) is 9. The number of amides is 1. The molecule has 1 fully saturated rings. The van der Waals surface area contributed by atoms with Crippen LogP contribution >= 0.6 is 0 Å². The summed E-state index contributed by atoms with van der Waals surface area (Å²) in [5.41, 5.74) is 8.10. The van der Waals surface area contributed by atoms with Crippen LogP contribution in [-0.2, 0) is 22.6 Å². The van der Waals surface area contributed by atoms with Gasteiger partial charge < -0.3 is 36.6 Å². The van der Waals surface area contributed by atoms with Crippen LogP contribution in [-0.4, -0.2) is 74.1 Å². The van der Waals surface area contributed by atoms with E-state index in [1.54, 1.807) is 25.1 Å². The molecule has 4 atom stereocenters. The van der Waals surface area contributed by atoms with Gasteiger partial charge in [0.2, 0.25) is 5.79 Å². The van der Waals surface area contributed by atoms with Gasteiger partial charge >= 0.3 is 0 Å². The third-order valence-corrected chi connectivity index (χ3v) is 8.67. The highest BCUT2D eigenvalue weighted by Gasteiger charge is 2.62. The maximum atomic E-state index is 14.0. The molecule has 0 bridgehead atoms. The van der Waals surface area contributed by atoms with Crippen molar-refractivity contribution in [3.8, 4) is 16.9 Å². The predicted octanol–water partition coefficient (Wildman–Crippen LogP) is 2.13. The lowest BCUT2D eigenvalue weighted by atomic mass is 9.57. The topological polar surface area (TPSA) is 177 Å². The summed E-state index contributed by atoms with van der Waals surface area (Å²) in [6, 6.07) is 10.6. The minimum atomic E-state index is -3.04. The number of fused-ring (bicyclic) bond motifs is 3. The molecule has 1 saturated carbocycles. The maximum Gasteiger partial charge on any atom is 0.253 e. The average molecular weight is 564 g/mol. The highest BCUT2D eigenvalue weighted by atomic mass is 16.5. The molecule has 0 spiro atoms. The number of allylic oxidation sites excluding steroid dienone is 1. The zero-order chi connectivity index (χ0) is 30.0. The van der Waals surface area contributed by atoms with E-state index in [0.29, 0.717) is 24.6 Å². The van der Waals surface area contributed by atoms with E-state index in [0.717, 1.165) is 16.7 Å². The van der Waals surface area contributed by atoms with Crippen molar-refractivity contribution < 1.29 is 35.1 Å². The lowest BCUT2D eigenvalue weighted by Gasteiger charge is -2.51. The Balaban J connectivity index is 1.64. The Kier molecular flexibility index (Phi) is 7.23. The average Bonchev–Trinajstić information content (AvgIpc) is 2.86. The minimum absolute atomic E-state index is 0.0312. The van der Waals surface area contributed by atoms with Crippen molar-refractivity contribution in [3.63, 3.8) is 0 Å². The van der Waals surface area contributed by atoms with Gasteiger partial charge in [-0.05, 0) is 73.2 Å². The molecule has 0 heterocycles. The predicted molar refractivity (Wildman–Crippen MR) is 152 cm³/mol. The first-order chi connectivity index (χ1) is 19.2. The van der Waals surface area contributed by atoms with E-state index in [1.165, 1.54) is 6.07 Å². The number of benzene rings is 2. The Bertz CT molecular complexity index is 1490. The fourth-order valence-corrected chi connectivity index (χ4v) is 7.00. The largest absolute Gasteiger partial charge is 0.510 e. The lowest BCUT2D eigenvalue weighted by molar-refractivity contribution is -0.203. The first kappa shape index (κ1) is 28.8. The smallest absolute Gasteiger partial charge is 0.253 e. The third kappa shape index (κ3) is 4.61. The monoisotopic (exact) mass is 563 g/mol. The number of primary amides is 1. The zero-order valence-corrected chi connectivity index (χ0v) is 23.5. The van der Waals surface area contributed by atoms with Gasteiger partial charge in [-0.1, -0.05) is 38.1 Å². The quantitative estimate of drug-likeness (QED) is 0.260. The highest BCUT2D eigenvalue weighted by Crippen LogP contribution is 2.54. The molecule has 0 radical (unpaired) electrons. The van der Waals surface area contributed by atoms with Gasteiger partial charge in [0.25, 0.3) is 5.91 Å². The van der Waals surface area contributed by atoms with E-state index >= 15 is 0 Å². The summed E-state index contributed by atoms with van der Waals surface area (Å²) < 4.78 is 0. The number of hydrogen-bond donors (Lipinski definition) is 7. The summed E-state index contributed by atoms with van der Waals surface area (Å²) in [7, 11) is 3.30. The summed E-state index contributed by atoms with van der Waals surface area (Å²) in [4.78, 5) is 27.8. The molecule has 3 unspecified atom stereocenters. The number of phenols is 1. The number of nitrogens with two attached hydrogens (primary N) is 1. The number of carbonyl (C=O) groups is 2. The Morgan fingerprint density at radius 2 is 1.85 bits per heavy atom. The minimum Gasteiger partial charge on any atom is -0.510 e. The van der Waals surface area contributed by atoms with Crippen molar-refractivity contribution in [1.29, 1.82) is 0 Å². The second-order valence-corrected chi connectivity index (χ2v) is 11.9. The molecule has 1 amide bonds. The first-order valence-electron chi connectivity index (χ1n) is 13.7. The molecule has 0 saturated heterocycles. The van der Waals surface area contributed by atoms with Crippen LogP contribution in [0, 0.1) is 17.8 Å². The summed E-state index contributed by atoms with van der Waals surface area (Å²) in [5, 5.41) is 58.9. The van der Waals surface area contributed by atoms with Gasteiger partial charge in [0.1, 0.15) is 22.8 Å². The normalized spacial score (nSPS) is 25.3. The van der Waals surface area contributed by atoms with Gasteiger partial charge in [-0.15, -0.1) is 0 Å². The molecule has 0 aliphatic heterocycles. The van der Waals surface area contributed by atoms with Crippen LogP contribution in [0.3, 0.4) is 0 Å². The van der Waals surface area contributed by atoms with E-state index < -0.39 is 58.4 Å². The van der Waals surface area contributed by atoms with Crippen LogP contribution in [0.4, 0.5) is 0 Å². The van der Waals surface area contributed by atoms with Crippen molar-refractivity contribution in [3.05, 3.63) is 70.0 Å². The number of nitrogens with one attached hydrogen (secondary N) is 1. The molecule has 3 aliphatic carbocycles. The number of ketones is 1. The second kappa shape index (κ2) is 10.3. The number of nitrogens with zero attached hydrogens (tertiary/aromatic N) is 1. The van der Waals surface area contributed by atoms with Crippen molar-refractivity contribution in [2.24, 2.45) is 23.5 Å². The van der Waals surface area contributed by atoms with E-state index in [1.807, 2.05) is 24.3 Å². The van der Waals surface area contributed by atoms with Gasteiger partial charge in [-0.2, -0.15) is 0 Å². The molecule has 10 nitrogen and oxygen atoms in total. The van der Waals surface area contributed by atoms with Gasteiger partial charge in [-0.3, -0.25) is 14.5 Å². The number of aromatic hydroxyl groups is 1. The highest BCUT2D eigenvalue weighted by molar-refractivity contribution is 6.08. The van der Waals surface area contributed by atoms with Crippen molar-refractivity contribution in [2.45, 2.75) is 51.1 Å². The van der Waals surface area contributed by atoms with Crippen LogP contribution in [0.25, 0.3) is 16.9 Å². The molecule has 8 N–H and O–H groups in total. The van der Waals surface area contributed by atoms with Crippen molar-refractivity contribution >= 4 is 17.4 Å². The van der Waals surface area contributed by atoms with E-state index in [-0.39, 0.29) is 23.3 Å². The molecule has 3 aliphatic rings. The second-order valence-electron chi connectivity index (χ2n) is 11.9. The molecule has 218 valence electrons. The van der Waals surface area contributed by atoms with E-state index in [4.69, 9.17) is 5.73 Å². The van der Waals surface area contributed by atoms with Crippen molar-refractivity contribution in [1.82, 2.24) is 10.2 Å². The zero-order valence-electron chi connectivity index (χ0n) is 23.5. The Morgan fingerprint density at radius 3 is 2.49 bits per heavy atom. The summed E-state index contributed by atoms with van der Waals surface area (Å²) >= 11 is 0. The number of Topliss-reactive ketones (excluding diaryl/α,β-unsaturated/α-hetero) is 1. The number of phenolic OH excluding ortho intramolecular Hbond substituents is 1. The number of carbonyl (C=O) groups excluding carboxylic acids is 2. The molecule has 2 aromatic rings. The molecule has 0 aromatic heterocycles. The molecular formula is C31H37N3O7. The lowest BCUT2D eigenvalue weighted by Crippen LogP contribution is -2.62. The van der Waals surface area contributed by atoms with E-state index in [9.17, 15) is 35.1 Å². The Hall–Kier alpha value is -3.70. The van der Waals surface area contributed by atoms with E-state index in [2.05, 4.69) is 19.2 Å². The Morgan fingerprint density at radius 1 is 1.15 bits per heavy atom. The van der Waals surface area contributed by atoms with Crippen LogP contribution in [0.5, 0.6) is 5.75 Å². The van der Waals surface area contributed by atoms with Gasteiger partial charge in [0.05, 0.1) is 17.5 Å². The Labute approximate surface area is 238 Å². The fraction of sp³-hybridized carbons (Fsp3) is 0.419. The van der Waals surface area contributed by atoms with Crippen LogP contribution in [0.2, 0.25) is 0 Å². The van der Waals surface area contributed by atoms with Crippen LogP contribution in [0.15, 0.2) is 53.3 Å². The maximum absolute atomic E-state index is 14.0. The summed E-state index contributed by atoms with van der Waals surface area (Å²) in [5.74, 6) is -9.18. The van der Waals surface area contributed by atoms with Crippen LogP contribution in [0.1, 0.15) is 37.0 Å². The van der Waals surface area contributed by atoms with Gasteiger partial charge in [0.15, 0.2) is 5.78 Å². The van der Waals surface area contributed by atoms with Crippen LogP contribution < -0.4 is 11.1 Å². The molecule has 2 aromatic carbocycles. The molecule has 5 rings (SSSR count). The molecular weight excluding hydrogens is 526 g/mol. The number of aliphatic hydroxyl groups is 4. The first-order valence-corrected chi connectivity index (χ1v) is 13.7. The molecule has 10 heteroatoms. The summed E-state index contributed by atoms with van der Waals surface area (Å²) in [6.45, 7) is 4.80.